The SMILES string of the molecule is CCOCC1CCCN(C(=O)CCS(=O)(=O)c2ccccc2)C1. The van der Waals surface area contributed by atoms with E-state index in [2.05, 4.69) is 0 Å². The number of carbonyl (C=O) groups is 1. The normalized spacial score (nSPS) is 18.8. The van der Waals surface area contributed by atoms with Gasteiger partial charge in [0.2, 0.25) is 5.91 Å². The molecule has 0 aliphatic carbocycles. The van der Waals surface area contributed by atoms with Crippen LogP contribution in [0, 0.1) is 5.92 Å². The minimum atomic E-state index is -3.39. The molecule has 1 fully saturated rings. The van der Waals surface area contributed by atoms with E-state index in [0.29, 0.717) is 32.2 Å². The standard InChI is InChI=1S/C17H25NO4S/c1-2-22-14-15-7-6-11-18(13-15)17(19)10-12-23(20,21)16-8-4-3-5-9-16/h3-5,8-9,15H,2,6-7,10-14H2,1H3. The number of hydrogen-bond donors (Lipinski definition) is 0. The summed E-state index contributed by atoms with van der Waals surface area (Å²) in [6, 6.07) is 8.30. The van der Waals surface area contributed by atoms with Crippen LogP contribution in [0.15, 0.2) is 35.2 Å². The first kappa shape index (κ1) is 17.9. The van der Waals surface area contributed by atoms with Gasteiger partial charge in [-0.3, -0.25) is 4.79 Å². The van der Waals surface area contributed by atoms with Gasteiger partial charge in [-0.1, -0.05) is 18.2 Å². The van der Waals surface area contributed by atoms with Crippen LogP contribution in [0.2, 0.25) is 0 Å². The highest BCUT2D eigenvalue weighted by molar-refractivity contribution is 7.91. The molecule has 1 aromatic carbocycles. The Kier molecular flexibility index (Phi) is 6.59. The second kappa shape index (κ2) is 8.45. The largest absolute Gasteiger partial charge is 0.381 e. The molecule has 1 aliphatic rings. The molecule has 1 unspecified atom stereocenters. The van der Waals surface area contributed by atoms with Gasteiger partial charge in [-0.2, -0.15) is 0 Å². The number of likely N-dealkylation sites (tertiary alicyclic amines) is 1. The van der Waals surface area contributed by atoms with Crippen LogP contribution < -0.4 is 0 Å². The lowest BCUT2D eigenvalue weighted by Crippen LogP contribution is -2.41. The molecule has 1 heterocycles. The first-order valence-corrected chi connectivity index (χ1v) is 9.81. The maximum Gasteiger partial charge on any atom is 0.223 e. The summed E-state index contributed by atoms with van der Waals surface area (Å²) in [7, 11) is -3.39. The van der Waals surface area contributed by atoms with E-state index >= 15 is 0 Å². The zero-order valence-electron chi connectivity index (χ0n) is 13.6. The molecule has 1 saturated heterocycles. The molecule has 2 rings (SSSR count). The zero-order valence-corrected chi connectivity index (χ0v) is 14.4. The van der Waals surface area contributed by atoms with E-state index in [0.717, 1.165) is 12.8 Å². The highest BCUT2D eigenvalue weighted by atomic mass is 32.2. The Morgan fingerprint density at radius 2 is 2.04 bits per heavy atom. The van der Waals surface area contributed by atoms with Crippen LogP contribution in [-0.4, -0.2) is 51.3 Å². The topological polar surface area (TPSA) is 63.7 Å². The van der Waals surface area contributed by atoms with Crippen molar-refractivity contribution in [1.82, 2.24) is 4.90 Å². The van der Waals surface area contributed by atoms with E-state index in [9.17, 15) is 13.2 Å². The van der Waals surface area contributed by atoms with Crippen LogP contribution >= 0.6 is 0 Å². The number of amides is 1. The van der Waals surface area contributed by atoms with E-state index in [1.807, 2.05) is 6.92 Å². The molecule has 1 aliphatic heterocycles. The van der Waals surface area contributed by atoms with Gasteiger partial charge in [-0.25, -0.2) is 8.42 Å². The quantitative estimate of drug-likeness (QED) is 0.763. The molecule has 0 radical (unpaired) electrons. The highest BCUT2D eigenvalue weighted by Gasteiger charge is 2.25. The Hall–Kier alpha value is -1.40. The Bertz CT molecular complexity index is 600. The lowest BCUT2D eigenvalue weighted by Gasteiger charge is -2.32. The summed E-state index contributed by atoms with van der Waals surface area (Å²) in [4.78, 5) is 14.4. The first-order valence-electron chi connectivity index (χ1n) is 8.16. The molecule has 1 amide bonds. The predicted octanol–water partition coefficient (Wildman–Crippen LogP) is 2.13. The van der Waals surface area contributed by atoms with Gasteiger partial charge in [0.1, 0.15) is 0 Å². The number of sulfone groups is 1. The van der Waals surface area contributed by atoms with Crippen LogP contribution in [0.25, 0.3) is 0 Å². The van der Waals surface area contributed by atoms with Gasteiger partial charge in [0.05, 0.1) is 17.3 Å². The van der Waals surface area contributed by atoms with Gasteiger partial charge in [0, 0.05) is 26.1 Å². The van der Waals surface area contributed by atoms with Crippen LogP contribution in [0.4, 0.5) is 0 Å². The van der Waals surface area contributed by atoms with Crippen molar-refractivity contribution >= 4 is 15.7 Å². The Morgan fingerprint density at radius 1 is 1.30 bits per heavy atom. The average molecular weight is 339 g/mol. The minimum Gasteiger partial charge on any atom is -0.381 e. The molecule has 0 spiro atoms. The third-order valence-electron chi connectivity index (χ3n) is 4.12. The van der Waals surface area contributed by atoms with Crippen LogP contribution in [0.1, 0.15) is 26.2 Å². The van der Waals surface area contributed by atoms with E-state index in [1.165, 1.54) is 0 Å². The van der Waals surface area contributed by atoms with Crippen LogP contribution in [-0.2, 0) is 19.4 Å². The zero-order chi connectivity index (χ0) is 16.7. The van der Waals surface area contributed by atoms with Crippen molar-refractivity contribution in [3.63, 3.8) is 0 Å². The lowest BCUT2D eigenvalue weighted by molar-refractivity contribution is -0.133. The molecule has 1 atom stereocenters. The fourth-order valence-electron chi connectivity index (χ4n) is 2.84. The summed E-state index contributed by atoms with van der Waals surface area (Å²) in [5.41, 5.74) is 0. The molecular formula is C17H25NO4S. The van der Waals surface area contributed by atoms with Crippen LogP contribution in [0.3, 0.4) is 0 Å². The van der Waals surface area contributed by atoms with Crippen molar-refractivity contribution in [3.8, 4) is 0 Å². The fourth-order valence-corrected chi connectivity index (χ4v) is 4.09. The molecule has 0 saturated carbocycles. The molecule has 0 bridgehead atoms. The maximum atomic E-state index is 12.3. The summed E-state index contributed by atoms with van der Waals surface area (Å²) in [6.07, 6.45) is 2.06. The van der Waals surface area contributed by atoms with Gasteiger partial charge < -0.3 is 9.64 Å². The maximum absolute atomic E-state index is 12.3. The highest BCUT2D eigenvalue weighted by Crippen LogP contribution is 2.18. The van der Waals surface area contributed by atoms with E-state index < -0.39 is 9.84 Å². The fraction of sp³-hybridized carbons (Fsp3) is 0.588. The third-order valence-corrected chi connectivity index (χ3v) is 5.85. The van der Waals surface area contributed by atoms with Crippen molar-refractivity contribution in [3.05, 3.63) is 30.3 Å². The third kappa shape index (κ3) is 5.32. The second-order valence-electron chi connectivity index (χ2n) is 5.89. The van der Waals surface area contributed by atoms with Crippen LogP contribution in [0.5, 0.6) is 0 Å². The minimum absolute atomic E-state index is 0.0403. The van der Waals surface area contributed by atoms with E-state index in [1.54, 1.807) is 35.2 Å². The monoisotopic (exact) mass is 339 g/mol. The van der Waals surface area contributed by atoms with Gasteiger partial charge in [-0.15, -0.1) is 0 Å². The Labute approximate surface area is 138 Å². The smallest absolute Gasteiger partial charge is 0.223 e. The summed E-state index contributed by atoms with van der Waals surface area (Å²) >= 11 is 0. The number of hydrogen-bond acceptors (Lipinski definition) is 4. The van der Waals surface area contributed by atoms with Gasteiger partial charge in [0.25, 0.3) is 0 Å². The van der Waals surface area contributed by atoms with Gasteiger partial charge in [-0.05, 0) is 37.8 Å². The molecule has 5 nitrogen and oxygen atoms in total. The summed E-state index contributed by atoms with van der Waals surface area (Å²) < 4.78 is 29.9. The molecule has 0 aromatic heterocycles. The van der Waals surface area contributed by atoms with Crippen molar-refractivity contribution < 1.29 is 17.9 Å². The predicted molar refractivity (Wildman–Crippen MR) is 88.9 cm³/mol. The van der Waals surface area contributed by atoms with Crippen molar-refractivity contribution in [2.75, 3.05) is 32.1 Å². The van der Waals surface area contributed by atoms with Crippen molar-refractivity contribution in [1.29, 1.82) is 0 Å². The van der Waals surface area contributed by atoms with E-state index in [4.69, 9.17) is 4.74 Å². The Balaban J connectivity index is 1.87. The number of nitrogens with zero attached hydrogens (tertiary/aromatic N) is 1. The van der Waals surface area contributed by atoms with Gasteiger partial charge in [0.15, 0.2) is 9.84 Å². The molecule has 128 valence electrons. The van der Waals surface area contributed by atoms with Crippen molar-refractivity contribution in [2.45, 2.75) is 31.1 Å². The average Bonchev–Trinajstić information content (AvgIpc) is 2.59. The number of piperidine rings is 1. The number of ether oxygens (including phenoxy) is 1. The number of benzene rings is 1. The summed E-state index contributed by atoms with van der Waals surface area (Å²) in [6.45, 7) is 4.69. The Morgan fingerprint density at radius 3 is 2.74 bits per heavy atom. The first-order chi connectivity index (χ1) is 11.0. The van der Waals surface area contributed by atoms with Gasteiger partial charge >= 0.3 is 0 Å². The summed E-state index contributed by atoms with van der Waals surface area (Å²) in [5.74, 6) is 0.145. The molecule has 6 heteroatoms. The molecular weight excluding hydrogens is 314 g/mol. The van der Waals surface area contributed by atoms with E-state index in [-0.39, 0.29) is 23.0 Å². The number of rotatable bonds is 7. The van der Waals surface area contributed by atoms with Crippen molar-refractivity contribution in [2.24, 2.45) is 5.92 Å². The summed E-state index contributed by atoms with van der Waals surface area (Å²) in [5, 5.41) is 0. The number of carbonyl (C=O) groups excluding carboxylic acids is 1. The molecule has 1 aromatic rings. The molecule has 0 N–H and O–H groups in total. The lowest BCUT2D eigenvalue weighted by atomic mass is 9.99. The second-order valence-corrected chi connectivity index (χ2v) is 8.00. The molecule has 23 heavy (non-hydrogen) atoms.